The predicted molar refractivity (Wildman–Crippen MR) is 73.0 cm³/mol. The van der Waals surface area contributed by atoms with E-state index in [0.29, 0.717) is 0 Å². The summed E-state index contributed by atoms with van der Waals surface area (Å²) in [6.07, 6.45) is 5.95. The van der Waals surface area contributed by atoms with Crippen molar-refractivity contribution in [1.82, 2.24) is 20.3 Å². The second-order valence-electron chi connectivity index (χ2n) is 4.88. The van der Waals surface area contributed by atoms with E-state index >= 15 is 0 Å². The molecule has 1 heterocycles. The summed E-state index contributed by atoms with van der Waals surface area (Å²) in [5.41, 5.74) is -0.103. The van der Waals surface area contributed by atoms with Crippen molar-refractivity contribution in [3.05, 3.63) is 24.5 Å². The number of nitrogens with zero attached hydrogens (tertiary/aromatic N) is 3. The number of carboxylic acid groups (broad SMARTS) is 1. The highest BCUT2D eigenvalue weighted by molar-refractivity contribution is 5.84. The van der Waals surface area contributed by atoms with Crippen molar-refractivity contribution in [2.45, 2.75) is 37.8 Å². The highest BCUT2D eigenvalue weighted by Crippen LogP contribution is 2.28. The van der Waals surface area contributed by atoms with Gasteiger partial charge in [0.05, 0.1) is 18.3 Å². The number of nitrogens with one attached hydrogen (secondary N) is 1. The number of aromatic nitrogens is 3. The van der Waals surface area contributed by atoms with Gasteiger partial charge in [-0.2, -0.15) is 0 Å². The minimum atomic E-state index is -1.12. The van der Waals surface area contributed by atoms with E-state index in [2.05, 4.69) is 22.2 Å². The van der Waals surface area contributed by atoms with Crippen molar-refractivity contribution < 1.29 is 19.4 Å². The molecular weight excluding hydrogens is 276 g/mol. The van der Waals surface area contributed by atoms with Crippen LogP contribution >= 0.6 is 0 Å². The molecule has 8 nitrogen and oxygen atoms in total. The molecule has 1 saturated carbocycles. The molecule has 2 rings (SSSR count). The van der Waals surface area contributed by atoms with Gasteiger partial charge in [0, 0.05) is 0 Å². The summed E-state index contributed by atoms with van der Waals surface area (Å²) in [5, 5.41) is 19.2. The third kappa shape index (κ3) is 3.80. The fourth-order valence-corrected chi connectivity index (χ4v) is 2.46. The first-order chi connectivity index (χ1) is 10.1. The zero-order valence-corrected chi connectivity index (χ0v) is 11.6. The largest absolute Gasteiger partial charge is 0.476 e. The van der Waals surface area contributed by atoms with E-state index in [1.54, 1.807) is 0 Å². The number of hydrogen-bond donors (Lipinski definition) is 2. The number of alkyl carbamates (subject to hydrolysis) is 1. The van der Waals surface area contributed by atoms with Crippen LogP contribution in [-0.4, -0.2) is 44.8 Å². The van der Waals surface area contributed by atoms with Crippen LogP contribution in [0.3, 0.4) is 0 Å². The quantitative estimate of drug-likeness (QED) is 0.794. The van der Waals surface area contributed by atoms with Crippen LogP contribution in [-0.2, 0) is 4.74 Å². The van der Waals surface area contributed by atoms with E-state index in [1.165, 1.54) is 17.0 Å². The number of rotatable bonds is 5. The van der Waals surface area contributed by atoms with Gasteiger partial charge in [0.15, 0.2) is 5.69 Å². The van der Waals surface area contributed by atoms with Crippen molar-refractivity contribution in [3.8, 4) is 0 Å². The van der Waals surface area contributed by atoms with Gasteiger partial charge in [-0.05, 0) is 12.8 Å². The second kappa shape index (κ2) is 6.87. The van der Waals surface area contributed by atoms with Crippen molar-refractivity contribution in [3.63, 3.8) is 0 Å². The van der Waals surface area contributed by atoms with E-state index in [9.17, 15) is 9.59 Å². The molecular formula is C13H18N4O4. The number of hydrogen-bond acceptors (Lipinski definition) is 5. The van der Waals surface area contributed by atoms with Crippen LogP contribution in [0.1, 0.15) is 42.2 Å². The van der Waals surface area contributed by atoms with Gasteiger partial charge < -0.3 is 15.2 Å². The van der Waals surface area contributed by atoms with E-state index < -0.39 is 12.1 Å². The van der Waals surface area contributed by atoms with Gasteiger partial charge in [0.25, 0.3) is 0 Å². The molecule has 21 heavy (non-hydrogen) atoms. The lowest BCUT2D eigenvalue weighted by molar-refractivity contribution is 0.0690. The molecule has 1 fully saturated rings. The van der Waals surface area contributed by atoms with Gasteiger partial charge in [-0.15, -0.1) is 5.10 Å². The minimum Gasteiger partial charge on any atom is -0.476 e. The molecule has 1 aromatic rings. The zero-order valence-electron chi connectivity index (χ0n) is 11.6. The fourth-order valence-electron chi connectivity index (χ4n) is 2.46. The Bertz CT molecular complexity index is 528. The first-order valence-corrected chi connectivity index (χ1v) is 6.81. The van der Waals surface area contributed by atoms with Gasteiger partial charge in [-0.1, -0.05) is 30.7 Å². The third-order valence-corrected chi connectivity index (χ3v) is 3.43. The Morgan fingerprint density at radius 1 is 1.52 bits per heavy atom. The normalized spacial score (nSPS) is 21.5. The van der Waals surface area contributed by atoms with Crippen molar-refractivity contribution in [1.29, 1.82) is 0 Å². The number of aromatic carboxylic acids is 1. The Balaban J connectivity index is 2.05. The van der Waals surface area contributed by atoms with Crippen LogP contribution in [0.25, 0.3) is 0 Å². The molecule has 1 amide bonds. The maximum absolute atomic E-state index is 11.6. The first kappa shape index (κ1) is 15.0. The summed E-state index contributed by atoms with van der Waals surface area (Å²) in [5.74, 6) is -1.12. The number of amides is 1. The summed E-state index contributed by atoms with van der Waals surface area (Å²) in [4.78, 5) is 22.5. The molecule has 8 heteroatoms. The Morgan fingerprint density at radius 2 is 2.29 bits per heavy atom. The lowest BCUT2D eigenvalue weighted by Crippen LogP contribution is -2.43. The van der Waals surface area contributed by atoms with Gasteiger partial charge in [-0.25, -0.2) is 14.3 Å². The summed E-state index contributed by atoms with van der Waals surface area (Å²) in [6, 6.07) is -0.268. The van der Waals surface area contributed by atoms with Crippen LogP contribution in [0.15, 0.2) is 18.9 Å². The highest BCUT2D eigenvalue weighted by atomic mass is 16.5. The van der Waals surface area contributed by atoms with Crippen molar-refractivity contribution in [2.75, 3.05) is 6.61 Å². The average Bonchev–Trinajstić information content (AvgIpc) is 2.95. The molecule has 1 aliphatic carbocycles. The predicted octanol–water partition coefficient (Wildman–Crippen LogP) is 1.37. The molecule has 0 radical (unpaired) electrons. The van der Waals surface area contributed by atoms with Crippen LogP contribution in [0.4, 0.5) is 4.79 Å². The Labute approximate surface area is 121 Å². The van der Waals surface area contributed by atoms with E-state index in [1.807, 2.05) is 0 Å². The SMILES string of the molecule is C=CCOC(=O)N[C@H]1CCCC[C@H]1n1cc(C(=O)O)nn1. The monoisotopic (exact) mass is 294 g/mol. The Kier molecular flexibility index (Phi) is 4.91. The minimum absolute atomic E-state index is 0.103. The number of carbonyl (C=O) groups excluding carboxylic acids is 1. The molecule has 0 spiro atoms. The number of carboxylic acids is 1. The topological polar surface area (TPSA) is 106 Å². The first-order valence-electron chi connectivity index (χ1n) is 6.81. The van der Waals surface area contributed by atoms with Gasteiger partial charge in [0.2, 0.25) is 0 Å². The molecule has 0 saturated heterocycles. The fraction of sp³-hybridized carbons (Fsp3) is 0.538. The van der Waals surface area contributed by atoms with E-state index in [4.69, 9.17) is 9.84 Å². The molecule has 0 aromatic carbocycles. The molecule has 2 atom stereocenters. The average molecular weight is 294 g/mol. The molecule has 1 aliphatic rings. The van der Waals surface area contributed by atoms with E-state index in [0.717, 1.165) is 25.7 Å². The Hall–Kier alpha value is -2.38. The standard InChI is InChI=1S/C13H18N4O4/c1-2-7-21-13(20)14-9-5-3-4-6-11(9)17-8-10(12(18)19)15-16-17/h2,8-9,11H,1,3-7H2,(H,14,20)(H,18,19)/t9-,11+/m0/s1. The van der Waals surface area contributed by atoms with Crippen LogP contribution in [0.2, 0.25) is 0 Å². The third-order valence-electron chi connectivity index (χ3n) is 3.43. The summed E-state index contributed by atoms with van der Waals surface area (Å²) in [6.45, 7) is 3.63. The van der Waals surface area contributed by atoms with Crippen molar-refractivity contribution in [2.24, 2.45) is 0 Å². The second-order valence-corrected chi connectivity index (χ2v) is 4.88. The van der Waals surface area contributed by atoms with Gasteiger partial charge in [-0.3, -0.25) is 0 Å². The maximum atomic E-state index is 11.6. The maximum Gasteiger partial charge on any atom is 0.407 e. The lowest BCUT2D eigenvalue weighted by atomic mass is 9.90. The summed E-state index contributed by atoms with van der Waals surface area (Å²) >= 11 is 0. The van der Waals surface area contributed by atoms with Crippen LogP contribution in [0.5, 0.6) is 0 Å². The number of carbonyl (C=O) groups is 2. The molecule has 0 bridgehead atoms. The lowest BCUT2D eigenvalue weighted by Gasteiger charge is -2.31. The smallest absolute Gasteiger partial charge is 0.407 e. The molecule has 2 N–H and O–H groups in total. The Morgan fingerprint density at radius 3 is 2.95 bits per heavy atom. The molecule has 0 aliphatic heterocycles. The molecule has 1 aromatic heterocycles. The van der Waals surface area contributed by atoms with Gasteiger partial charge in [0.1, 0.15) is 6.61 Å². The highest BCUT2D eigenvalue weighted by Gasteiger charge is 2.29. The van der Waals surface area contributed by atoms with Gasteiger partial charge >= 0.3 is 12.1 Å². The molecule has 114 valence electrons. The van der Waals surface area contributed by atoms with Crippen molar-refractivity contribution >= 4 is 12.1 Å². The van der Waals surface area contributed by atoms with Crippen LogP contribution < -0.4 is 5.32 Å². The summed E-state index contributed by atoms with van der Waals surface area (Å²) in [7, 11) is 0. The van der Waals surface area contributed by atoms with Crippen LogP contribution in [0, 0.1) is 0 Å². The summed E-state index contributed by atoms with van der Waals surface area (Å²) < 4.78 is 6.43. The zero-order chi connectivity index (χ0) is 15.2. The van der Waals surface area contributed by atoms with E-state index in [-0.39, 0.29) is 24.4 Å². The molecule has 0 unspecified atom stereocenters. The number of ether oxygens (including phenoxy) is 1.